The minimum absolute atomic E-state index is 0.227. The number of aliphatic hydroxyl groups excluding tert-OH is 1. The first-order chi connectivity index (χ1) is 7.30. The van der Waals surface area contributed by atoms with E-state index in [1.807, 2.05) is 20.8 Å². The van der Waals surface area contributed by atoms with Gasteiger partial charge in [-0.25, -0.2) is 0 Å². The zero-order valence-electron chi connectivity index (χ0n) is 9.58. The van der Waals surface area contributed by atoms with Crippen molar-refractivity contribution in [1.29, 1.82) is 0 Å². The van der Waals surface area contributed by atoms with Crippen molar-refractivity contribution in [2.24, 2.45) is 5.41 Å². The summed E-state index contributed by atoms with van der Waals surface area (Å²) in [5, 5.41) is 12.4. The molecule has 0 saturated heterocycles. The van der Waals surface area contributed by atoms with Crippen LogP contribution < -0.4 is 5.32 Å². The summed E-state index contributed by atoms with van der Waals surface area (Å²) in [6, 6.07) is 1.58. The van der Waals surface area contributed by atoms with Crippen LogP contribution in [0, 0.1) is 5.41 Å². The van der Waals surface area contributed by atoms with E-state index < -0.39 is 6.10 Å². The molecule has 1 aromatic heterocycles. The molecule has 1 aromatic rings. The summed E-state index contributed by atoms with van der Waals surface area (Å²) in [7, 11) is 0. The van der Waals surface area contributed by atoms with Crippen LogP contribution in [0.5, 0.6) is 0 Å². The Kier molecular flexibility index (Phi) is 4.15. The van der Waals surface area contributed by atoms with E-state index in [-0.39, 0.29) is 17.9 Å². The molecule has 0 spiro atoms. The molecule has 4 nitrogen and oxygen atoms in total. The summed E-state index contributed by atoms with van der Waals surface area (Å²) in [4.78, 5) is 11.6. The molecular formula is C11H16BrNO3. The van der Waals surface area contributed by atoms with Crippen LogP contribution in [0.3, 0.4) is 0 Å². The highest BCUT2D eigenvalue weighted by molar-refractivity contribution is 9.10. The Bertz CT molecular complexity index is 368. The highest BCUT2D eigenvalue weighted by Crippen LogP contribution is 2.18. The zero-order chi connectivity index (χ0) is 12.3. The number of rotatable bonds is 3. The van der Waals surface area contributed by atoms with Crippen molar-refractivity contribution in [2.75, 3.05) is 6.54 Å². The van der Waals surface area contributed by atoms with E-state index in [1.165, 1.54) is 6.26 Å². The maximum absolute atomic E-state index is 11.6. The van der Waals surface area contributed by atoms with Crippen LogP contribution in [-0.4, -0.2) is 23.7 Å². The van der Waals surface area contributed by atoms with E-state index >= 15 is 0 Å². The van der Waals surface area contributed by atoms with Crippen molar-refractivity contribution >= 4 is 21.8 Å². The van der Waals surface area contributed by atoms with Crippen LogP contribution in [0.25, 0.3) is 0 Å². The Balaban J connectivity index is 2.48. The minimum Gasteiger partial charge on any atom is -0.457 e. The third-order valence-corrected chi connectivity index (χ3v) is 2.70. The summed E-state index contributed by atoms with van der Waals surface area (Å²) >= 11 is 3.12. The maximum Gasteiger partial charge on any atom is 0.254 e. The van der Waals surface area contributed by atoms with Gasteiger partial charge < -0.3 is 14.8 Å². The van der Waals surface area contributed by atoms with E-state index in [2.05, 4.69) is 21.2 Å². The number of hydrogen-bond acceptors (Lipinski definition) is 3. The lowest BCUT2D eigenvalue weighted by Gasteiger charge is -2.25. The van der Waals surface area contributed by atoms with Gasteiger partial charge in [0.25, 0.3) is 5.91 Å². The highest BCUT2D eigenvalue weighted by atomic mass is 79.9. The van der Waals surface area contributed by atoms with E-state index in [1.54, 1.807) is 6.07 Å². The quantitative estimate of drug-likeness (QED) is 0.897. The van der Waals surface area contributed by atoms with Crippen molar-refractivity contribution in [1.82, 2.24) is 5.32 Å². The molecule has 2 N–H and O–H groups in total. The van der Waals surface area contributed by atoms with Crippen LogP contribution in [-0.2, 0) is 0 Å². The number of carbonyl (C=O) groups is 1. The lowest BCUT2D eigenvalue weighted by atomic mass is 9.89. The van der Waals surface area contributed by atoms with Gasteiger partial charge in [-0.1, -0.05) is 20.8 Å². The van der Waals surface area contributed by atoms with Crippen molar-refractivity contribution in [3.63, 3.8) is 0 Å². The number of furan rings is 1. The fourth-order valence-corrected chi connectivity index (χ4v) is 1.37. The molecule has 0 bridgehead atoms. The Morgan fingerprint density at radius 3 is 2.69 bits per heavy atom. The van der Waals surface area contributed by atoms with Gasteiger partial charge in [0.2, 0.25) is 0 Å². The van der Waals surface area contributed by atoms with Crippen LogP contribution >= 0.6 is 15.9 Å². The molecule has 0 aliphatic heterocycles. The van der Waals surface area contributed by atoms with Gasteiger partial charge in [-0.3, -0.25) is 4.79 Å². The van der Waals surface area contributed by atoms with Crippen LogP contribution in [0.4, 0.5) is 0 Å². The van der Waals surface area contributed by atoms with Gasteiger partial charge in [-0.2, -0.15) is 0 Å². The number of aliphatic hydroxyl groups is 1. The highest BCUT2D eigenvalue weighted by Gasteiger charge is 2.22. The van der Waals surface area contributed by atoms with Crippen LogP contribution in [0.2, 0.25) is 0 Å². The first-order valence-corrected chi connectivity index (χ1v) is 5.80. The topological polar surface area (TPSA) is 62.5 Å². The van der Waals surface area contributed by atoms with Gasteiger partial charge in [0.15, 0.2) is 4.67 Å². The third-order valence-electron chi connectivity index (χ3n) is 2.29. The van der Waals surface area contributed by atoms with Crippen molar-refractivity contribution in [3.8, 4) is 0 Å². The summed E-state index contributed by atoms with van der Waals surface area (Å²) < 4.78 is 5.46. The predicted octanol–water partition coefficient (Wildman–Crippen LogP) is 2.18. The normalized spacial score (nSPS) is 13.6. The first kappa shape index (κ1) is 13.3. The average Bonchev–Trinajstić information content (AvgIpc) is 2.59. The molecule has 16 heavy (non-hydrogen) atoms. The van der Waals surface area contributed by atoms with E-state index in [0.29, 0.717) is 10.2 Å². The van der Waals surface area contributed by atoms with Gasteiger partial charge in [0.05, 0.1) is 11.7 Å². The fraction of sp³-hybridized carbons (Fsp3) is 0.545. The molecule has 0 radical (unpaired) electrons. The molecule has 0 saturated carbocycles. The Labute approximate surface area is 103 Å². The zero-order valence-corrected chi connectivity index (χ0v) is 11.2. The summed E-state index contributed by atoms with van der Waals surface area (Å²) in [6.07, 6.45) is 0.787. The lowest BCUT2D eigenvalue weighted by Crippen LogP contribution is -2.39. The van der Waals surface area contributed by atoms with Gasteiger partial charge in [0.1, 0.15) is 6.26 Å². The smallest absolute Gasteiger partial charge is 0.254 e. The summed E-state index contributed by atoms with van der Waals surface area (Å²) in [5.41, 5.74) is 0.192. The molecule has 1 heterocycles. The summed E-state index contributed by atoms with van der Waals surface area (Å²) in [6.45, 7) is 5.97. The van der Waals surface area contributed by atoms with E-state index in [4.69, 9.17) is 4.42 Å². The van der Waals surface area contributed by atoms with Gasteiger partial charge in [-0.15, -0.1) is 0 Å². The molecule has 1 unspecified atom stereocenters. The number of nitrogens with one attached hydrogen (secondary N) is 1. The SMILES string of the molecule is CC(C)(C)C(O)CNC(=O)c1coc(Br)c1. The molecular weight excluding hydrogens is 274 g/mol. The molecule has 0 aliphatic carbocycles. The van der Waals surface area contributed by atoms with E-state index in [9.17, 15) is 9.90 Å². The van der Waals surface area contributed by atoms with Gasteiger partial charge in [0, 0.05) is 12.6 Å². The summed E-state index contributed by atoms with van der Waals surface area (Å²) in [5.74, 6) is -0.252. The van der Waals surface area contributed by atoms with Crippen LogP contribution in [0.1, 0.15) is 31.1 Å². The maximum atomic E-state index is 11.6. The minimum atomic E-state index is -0.577. The second-order valence-electron chi connectivity index (χ2n) is 4.73. The van der Waals surface area contributed by atoms with Crippen molar-refractivity contribution in [3.05, 3.63) is 22.6 Å². The fourth-order valence-electron chi connectivity index (χ4n) is 1.03. The van der Waals surface area contributed by atoms with Crippen molar-refractivity contribution < 1.29 is 14.3 Å². The molecule has 0 fully saturated rings. The Morgan fingerprint density at radius 2 is 2.25 bits per heavy atom. The number of hydrogen-bond donors (Lipinski definition) is 2. The lowest BCUT2D eigenvalue weighted by molar-refractivity contribution is 0.0586. The molecule has 5 heteroatoms. The van der Waals surface area contributed by atoms with Gasteiger partial charge in [-0.05, 0) is 21.3 Å². The van der Waals surface area contributed by atoms with E-state index in [0.717, 1.165) is 0 Å². The molecule has 0 aliphatic rings. The number of amides is 1. The number of carbonyl (C=O) groups excluding carboxylic acids is 1. The second-order valence-corrected chi connectivity index (χ2v) is 5.51. The standard InChI is InChI=1S/C11H16BrNO3/c1-11(2,3)8(14)5-13-10(15)7-4-9(12)16-6-7/h4,6,8,14H,5H2,1-3H3,(H,13,15). The monoisotopic (exact) mass is 289 g/mol. The molecule has 1 rings (SSSR count). The Hall–Kier alpha value is -0.810. The molecule has 1 amide bonds. The molecule has 90 valence electrons. The van der Waals surface area contributed by atoms with Crippen LogP contribution in [0.15, 0.2) is 21.4 Å². The number of halogens is 1. The first-order valence-electron chi connectivity index (χ1n) is 5.01. The largest absolute Gasteiger partial charge is 0.457 e. The van der Waals surface area contributed by atoms with Gasteiger partial charge >= 0.3 is 0 Å². The molecule has 0 aromatic carbocycles. The Morgan fingerprint density at radius 1 is 1.62 bits per heavy atom. The molecule has 1 atom stereocenters. The van der Waals surface area contributed by atoms with Crippen molar-refractivity contribution in [2.45, 2.75) is 26.9 Å². The third kappa shape index (κ3) is 3.64. The predicted molar refractivity (Wildman–Crippen MR) is 64.2 cm³/mol. The average molecular weight is 290 g/mol. The second kappa shape index (κ2) is 5.01.